The third-order valence-corrected chi connectivity index (χ3v) is 6.21. The Bertz CT molecular complexity index is 1870. The van der Waals surface area contributed by atoms with Gasteiger partial charge in [0.25, 0.3) is 0 Å². The zero-order valence-corrected chi connectivity index (χ0v) is 16.9. The van der Waals surface area contributed by atoms with E-state index in [0.717, 1.165) is 55.7 Å². The van der Waals surface area contributed by atoms with Crippen molar-refractivity contribution in [2.24, 2.45) is 0 Å². The highest BCUT2D eigenvalue weighted by Gasteiger charge is 2.31. The molecule has 0 saturated carbocycles. The van der Waals surface area contributed by atoms with E-state index in [9.17, 15) is 13.2 Å². The molecule has 0 spiro atoms. The highest BCUT2D eigenvalue weighted by Crippen LogP contribution is 2.39. The summed E-state index contributed by atoms with van der Waals surface area (Å²) < 4.78 is 47.5. The van der Waals surface area contributed by atoms with Crippen LogP contribution in [0.15, 0.2) is 83.3 Å². The number of nitrogens with zero attached hydrogens (tertiary/aromatic N) is 2. The number of oxazole rings is 1. The van der Waals surface area contributed by atoms with Gasteiger partial charge in [0.1, 0.15) is 5.52 Å². The van der Waals surface area contributed by atoms with Gasteiger partial charge < -0.3 is 9.40 Å². The van der Waals surface area contributed by atoms with E-state index in [4.69, 9.17) is 4.42 Å². The van der Waals surface area contributed by atoms with E-state index in [-0.39, 0.29) is 11.5 Å². The topological polar surface area (TPSA) is 46.8 Å². The fraction of sp³-hybridized carbons (Fsp3) is 0.0385. The zero-order valence-electron chi connectivity index (χ0n) is 16.9. The Kier molecular flexibility index (Phi) is 3.42. The van der Waals surface area contributed by atoms with Crippen LogP contribution < -0.4 is 0 Å². The van der Waals surface area contributed by atoms with Crippen molar-refractivity contribution >= 4 is 54.7 Å². The number of hydrogen-bond donors (Lipinski definition) is 1. The molecule has 33 heavy (non-hydrogen) atoms. The lowest BCUT2D eigenvalue weighted by molar-refractivity contribution is -0.137. The van der Waals surface area contributed by atoms with Crippen LogP contribution in [-0.2, 0) is 6.18 Å². The van der Waals surface area contributed by atoms with E-state index >= 15 is 0 Å². The number of alkyl halides is 3. The van der Waals surface area contributed by atoms with E-state index in [1.807, 2.05) is 47.0 Å². The number of H-pyrrole nitrogens is 1. The largest absolute Gasteiger partial charge is 0.423 e. The quantitative estimate of drug-likeness (QED) is 0.285. The SMILES string of the molecule is FC(F)(F)c1ccc2oc(-n3c4ccccc4c4ccc5c6ccccc6[nH]c5c43)nc2c1. The lowest BCUT2D eigenvalue weighted by atomic mass is 10.1. The Morgan fingerprint density at radius 1 is 0.788 bits per heavy atom. The summed E-state index contributed by atoms with van der Waals surface area (Å²) in [4.78, 5) is 7.99. The summed E-state index contributed by atoms with van der Waals surface area (Å²) in [5.41, 5.74) is 3.36. The minimum Gasteiger partial charge on any atom is -0.423 e. The Balaban J connectivity index is 1.62. The Morgan fingerprint density at radius 2 is 1.55 bits per heavy atom. The number of aromatic amines is 1. The second-order valence-electron chi connectivity index (χ2n) is 8.08. The normalized spacial score (nSPS) is 12.7. The zero-order chi connectivity index (χ0) is 22.3. The summed E-state index contributed by atoms with van der Waals surface area (Å²) in [5.74, 6) is 0. The Hall–Kier alpha value is -4.26. The number of nitrogens with one attached hydrogen (secondary N) is 1. The van der Waals surface area contributed by atoms with Gasteiger partial charge in [-0.3, -0.25) is 4.57 Å². The number of benzene rings is 4. The van der Waals surface area contributed by atoms with Crippen LogP contribution >= 0.6 is 0 Å². The van der Waals surface area contributed by atoms with Crippen molar-refractivity contribution in [1.82, 2.24) is 14.5 Å². The molecule has 7 rings (SSSR count). The van der Waals surface area contributed by atoms with Crippen LogP contribution in [0.3, 0.4) is 0 Å². The molecule has 0 aliphatic rings. The maximum absolute atomic E-state index is 13.2. The first-order chi connectivity index (χ1) is 16.0. The maximum atomic E-state index is 13.2. The van der Waals surface area contributed by atoms with E-state index in [1.165, 1.54) is 6.07 Å². The Labute approximate surface area is 183 Å². The fourth-order valence-electron chi connectivity index (χ4n) is 4.76. The molecule has 7 heteroatoms. The molecule has 0 radical (unpaired) electrons. The third-order valence-electron chi connectivity index (χ3n) is 6.21. The van der Waals surface area contributed by atoms with Crippen LogP contribution in [0.25, 0.3) is 60.7 Å². The number of hydrogen-bond acceptors (Lipinski definition) is 2. The van der Waals surface area contributed by atoms with Gasteiger partial charge in [0.15, 0.2) is 5.58 Å². The van der Waals surface area contributed by atoms with Crippen LogP contribution in [0.5, 0.6) is 0 Å². The smallest absolute Gasteiger partial charge is 0.416 e. The number of rotatable bonds is 1. The van der Waals surface area contributed by atoms with Gasteiger partial charge in [0, 0.05) is 27.1 Å². The molecule has 7 aromatic rings. The van der Waals surface area contributed by atoms with Gasteiger partial charge in [-0.1, -0.05) is 48.5 Å². The van der Waals surface area contributed by atoms with Crippen LogP contribution in [-0.4, -0.2) is 14.5 Å². The fourth-order valence-corrected chi connectivity index (χ4v) is 4.76. The molecular weight excluding hydrogens is 427 g/mol. The van der Waals surface area contributed by atoms with E-state index in [1.54, 1.807) is 0 Å². The van der Waals surface area contributed by atoms with E-state index in [2.05, 4.69) is 28.2 Å². The standard InChI is InChI=1S/C26H14F3N3O/c27-26(28,29)14-9-12-22-20(13-14)31-25(33-22)32-21-8-4-2-6-16(21)18-11-10-17-15-5-1-3-7-19(15)30-23(17)24(18)32/h1-13,30H. The van der Waals surface area contributed by atoms with Gasteiger partial charge in [-0.2, -0.15) is 18.2 Å². The molecule has 0 bridgehead atoms. The average Bonchev–Trinajstić information content (AvgIpc) is 3.48. The predicted molar refractivity (Wildman–Crippen MR) is 123 cm³/mol. The lowest BCUT2D eigenvalue weighted by Crippen LogP contribution is -2.04. The predicted octanol–water partition coefficient (Wildman–Crippen LogP) is 7.58. The number of aromatic nitrogens is 3. The summed E-state index contributed by atoms with van der Waals surface area (Å²) >= 11 is 0. The molecule has 0 aliphatic heterocycles. The molecular formula is C26H14F3N3O. The minimum atomic E-state index is -4.45. The average molecular weight is 441 g/mol. The summed E-state index contributed by atoms with van der Waals surface area (Å²) in [6.45, 7) is 0. The highest BCUT2D eigenvalue weighted by atomic mass is 19.4. The minimum absolute atomic E-state index is 0.162. The third kappa shape index (κ3) is 2.50. The van der Waals surface area contributed by atoms with Gasteiger partial charge in [0.05, 0.1) is 22.1 Å². The molecule has 0 aliphatic carbocycles. The van der Waals surface area contributed by atoms with Crippen LogP contribution in [0.1, 0.15) is 5.56 Å². The summed E-state index contributed by atoms with van der Waals surface area (Å²) in [5, 5.41) is 4.16. The van der Waals surface area contributed by atoms with Crippen molar-refractivity contribution < 1.29 is 17.6 Å². The first kappa shape index (κ1) is 18.3. The van der Waals surface area contributed by atoms with Gasteiger partial charge in [-0.05, 0) is 30.3 Å². The van der Waals surface area contributed by atoms with Crippen LogP contribution in [0.4, 0.5) is 13.2 Å². The molecule has 160 valence electrons. The van der Waals surface area contributed by atoms with Gasteiger partial charge in [-0.15, -0.1) is 0 Å². The molecule has 0 saturated heterocycles. The van der Waals surface area contributed by atoms with Crippen molar-refractivity contribution in [3.8, 4) is 6.01 Å². The molecule has 0 fully saturated rings. The van der Waals surface area contributed by atoms with Crippen molar-refractivity contribution in [2.75, 3.05) is 0 Å². The number of halogens is 3. The first-order valence-electron chi connectivity index (χ1n) is 10.4. The van der Waals surface area contributed by atoms with Crippen molar-refractivity contribution in [3.05, 3.63) is 84.4 Å². The van der Waals surface area contributed by atoms with E-state index < -0.39 is 11.7 Å². The summed E-state index contributed by atoms with van der Waals surface area (Å²) in [7, 11) is 0. The van der Waals surface area contributed by atoms with Gasteiger partial charge in [0.2, 0.25) is 0 Å². The second kappa shape index (κ2) is 6.16. The number of fused-ring (bicyclic) bond motifs is 8. The Morgan fingerprint density at radius 3 is 2.39 bits per heavy atom. The van der Waals surface area contributed by atoms with Crippen molar-refractivity contribution in [2.45, 2.75) is 6.18 Å². The van der Waals surface area contributed by atoms with Crippen molar-refractivity contribution in [3.63, 3.8) is 0 Å². The number of para-hydroxylation sites is 2. The maximum Gasteiger partial charge on any atom is 0.416 e. The van der Waals surface area contributed by atoms with Gasteiger partial charge >= 0.3 is 12.2 Å². The monoisotopic (exact) mass is 441 g/mol. The van der Waals surface area contributed by atoms with E-state index in [0.29, 0.717) is 5.58 Å². The molecule has 4 nitrogen and oxygen atoms in total. The molecule has 0 unspecified atom stereocenters. The molecule has 0 amide bonds. The molecule has 3 aromatic heterocycles. The highest BCUT2D eigenvalue weighted by molar-refractivity contribution is 6.22. The summed E-state index contributed by atoms with van der Waals surface area (Å²) in [6, 6.07) is 23.7. The second-order valence-corrected chi connectivity index (χ2v) is 8.08. The van der Waals surface area contributed by atoms with Crippen LogP contribution in [0, 0.1) is 0 Å². The molecule has 0 atom stereocenters. The van der Waals surface area contributed by atoms with Gasteiger partial charge in [-0.25, -0.2) is 0 Å². The lowest BCUT2D eigenvalue weighted by Gasteiger charge is -2.04. The molecule has 1 N–H and O–H groups in total. The van der Waals surface area contributed by atoms with Crippen molar-refractivity contribution in [1.29, 1.82) is 0 Å². The molecule has 4 aromatic carbocycles. The summed E-state index contributed by atoms with van der Waals surface area (Å²) in [6.07, 6.45) is -4.45. The van der Waals surface area contributed by atoms with Crippen LogP contribution in [0.2, 0.25) is 0 Å². The molecule has 3 heterocycles. The first-order valence-corrected chi connectivity index (χ1v) is 10.4.